The molecule has 0 N–H and O–H groups in total. The number of rotatable bonds is 55. The Kier molecular flexibility index (Phi) is 55.2. The van der Waals surface area contributed by atoms with Crippen LogP contribution in [0, 0.1) is 0 Å². The van der Waals surface area contributed by atoms with Crippen molar-refractivity contribution in [2.45, 2.75) is 329 Å². The summed E-state index contributed by atoms with van der Waals surface area (Å²) >= 11 is 0. The molecule has 0 aliphatic heterocycles. The Morgan fingerprint density at radius 2 is 0.529 bits per heavy atom. The van der Waals surface area contributed by atoms with Crippen molar-refractivity contribution >= 4 is 17.9 Å². The zero-order chi connectivity index (χ0) is 49.3. The molecule has 0 aromatic heterocycles. The summed E-state index contributed by atoms with van der Waals surface area (Å²) in [6.45, 7) is 6.64. The van der Waals surface area contributed by atoms with Crippen molar-refractivity contribution in [1.29, 1.82) is 0 Å². The Hall–Kier alpha value is -2.37. The van der Waals surface area contributed by atoms with Crippen molar-refractivity contribution in [3.8, 4) is 0 Å². The molecule has 1 unspecified atom stereocenters. The number of hydrogen-bond acceptors (Lipinski definition) is 6. The van der Waals surface area contributed by atoms with E-state index in [0.717, 1.165) is 64.2 Å². The zero-order valence-electron chi connectivity index (χ0n) is 45.6. The molecule has 68 heavy (non-hydrogen) atoms. The zero-order valence-corrected chi connectivity index (χ0v) is 45.6. The Morgan fingerprint density at radius 1 is 0.294 bits per heavy atom. The van der Waals surface area contributed by atoms with Gasteiger partial charge in [-0.15, -0.1) is 0 Å². The van der Waals surface area contributed by atoms with Gasteiger partial charge in [-0.1, -0.05) is 263 Å². The van der Waals surface area contributed by atoms with E-state index in [-0.39, 0.29) is 31.1 Å². The number of carbonyl (C=O) groups is 3. The van der Waals surface area contributed by atoms with Gasteiger partial charge in [0, 0.05) is 19.3 Å². The van der Waals surface area contributed by atoms with Gasteiger partial charge < -0.3 is 14.2 Å². The Labute approximate surface area is 423 Å². The summed E-state index contributed by atoms with van der Waals surface area (Å²) in [5.74, 6) is -0.865. The number of hydrogen-bond donors (Lipinski definition) is 0. The maximum atomic E-state index is 12.8. The molecule has 6 heteroatoms. The van der Waals surface area contributed by atoms with E-state index in [1.807, 2.05) is 0 Å². The van der Waals surface area contributed by atoms with E-state index in [1.165, 1.54) is 218 Å². The maximum Gasteiger partial charge on any atom is 0.306 e. The van der Waals surface area contributed by atoms with Gasteiger partial charge >= 0.3 is 17.9 Å². The van der Waals surface area contributed by atoms with Crippen LogP contribution in [0.4, 0.5) is 0 Å². The van der Waals surface area contributed by atoms with Crippen LogP contribution in [0.3, 0.4) is 0 Å². The molecule has 0 aliphatic rings. The second-order valence-corrected chi connectivity index (χ2v) is 20.3. The Balaban J connectivity index is 4.20. The van der Waals surface area contributed by atoms with Crippen LogP contribution in [0.2, 0.25) is 0 Å². The number of ether oxygens (including phenoxy) is 3. The molecular formula is C62H114O6. The lowest BCUT2D eigenvalue weighted by Gasteiger charge is -2.18. The summed E-state index contributed by atoms with van der Waals surface area (Å²) in [7, 11) is 0. The van der Waals surface area contributed by atoms with E-state index in [4.69, 9.17) is 14.2 Å². The highest BCUT2D eigenvalue weighted by atomic mass is 16.6. The fourth-order valence-electron chi connectivity index (χ4n) is 8.82. The van der Waals surface area contributed by atoms with Gasteiger partial charge in [0.05, 0.1) is 0 Å². The van der Waals surface area contributed by atoms with Gasteiger partial charge in [0.25, 0.3) is 0 Å². The van der Waals surface area contributed by atoms with Gasteiger partial charge in [-0.3, -0.25) is 14.4 Å². The molecule has 0 bridgehead atoms. The Morgan fingerprint density at radius 3 is 0.824 bits per heavy atom. The van der Waals surface area contributed by atoms with Crippen LogP contribution in [0.1, 0.15) is 323 Å². The fourth-order valence-corrected chi connectivity index (χ4v) is 8.82. The van der Waals surface area contributed by atoms with Gasteiger partial charge in [0.1, 0.15) is 13.2 Å². The number of esters is 3. The van der Waals surface area contributed by atoms with E-state index in [1.54, 1.807) is 0 Å². The minimum absolute atomic E-state index is 0.0713. The maximum absolute atomic E-state index is 12.8. The van der Waals surface area contributed by atoms with Gasteiger partial charge in [0.2, 0.25) is 0 Å². The minimum Gasteiger partial charge on any atom is -0.462 e. The molecule has 0 aromatic rings. The van der Waals surface area contributed by atoms with Crippen molar-refractivity contribution < 1.29 is 28.6 Å². The second kappa shape index (κ2) is 57.2. The number of allylic oxidation sites excluding steroid dienone is 6. The van der Waals surface area contributed by atoms with E-state index < -0.39 is 6.10 Å². The molecule has 398 valence electrons. The summed E-state index contributed by atoms with van der Waals surface area (Å²) in [5.41, 5.74) is 0. The lowest BCUT2D eigenvalue weighted by molar-refractivity contribution is -0.167. The van der Waals surface area contributed by atoms with Crippen LogP contribution < -0.4 is 0 Å². The molecule has 0 rings (SSSR count). The molecule has 0 saturated carbocycles. The standard InChI is InChI=1S/C62H114O6/c1-4-7-10-13-16-19-21-23-25-27-29-31-33-35-37-39-41-43-46-49-52-55-61(64)67-58-59(57-66-60(63)54-51-48-45-18-15-12-9-6-3)68-62(65)56-53-50-47-44-42-40-38-36-34-32-30-28-26-24-22-20-17-14-11-8-5-2/h21,23,27-30,59H,4-20,22,24-26,31-58H2,1-3H3/b23-21-,29-27-,30-28-. The van der Waals surface area contributed by atoms with Gasteiger partial charge in [-0.05, 0) is 77.0 Å². The lowest BCUT2D eigenvalue weighted by atomic mass is 10.1. The summed E-state index contributed by atoms with van der Waals surface area (Å²) in [4.78, 5) is 38.0. The van der Waals surface area contributed by atoms with E-state index in [0.29, 0.717) is 19.3 Å². The van der Waals surface area contributed by atoms with Crippen LogP contribution in [-0.2, 0) is 28.6 Å². The first-order valence-electron chi connectivity index (χ1n) is 30.0. The molecule has 6 nitrogen and oxygen atoms in total. The largest absolute Gasteiger partial charge is 0.462 e. The van der Waals surface area contributed by atoms with Crippen LogP contribution in [0.15, 0.2) is 36.5 Å². The molecule has 0 aliphatic carbocycles. The quantitative estimate of drug-likeness (QED) is 0.0262. The summed E-state index contributed by atoms with van der Waals surface area (Å²) in [6, 6.07) is 0. The molecule has 0 amide bonds. The predicted octanol–water partition coefficient (Wildman–Crippen LogP) is 20.0. The third kappa shape index (κ3) is 54.6. The summed E-state index contributed by atoms with van der Waals surface area (Å²) < 4.78 is 16.8. The number of carbonyl (C=O) groups excluding carboxylic acids is 3. The average Bonchev–Trinajstić information content (AvgIpc) is 3.34. The topological polar surface area (TPSA) is 78.9 Å². The van der Waals surface area contributed by atoms with Gasteiger partial charge in [0.15, 0.2) is 6.10 Å². The molecule has 0 aromatic carbocycles. The van der Waals surface area contributed by atoms with Crippen LogP contribution in [0.5, 0.6) is 0 Å². The van der Waals surface area contributed by atoms with Gasteiger partial charge in [-0.25, -0.2) is 0 Å². The monoisotopic (exact) mass is 955 g/mol. The fraction of sp³-hybridized carbons (Fsp3) is 0.855. The van der Waals surface area contributed by atoms with Crippen molar-refractivity contribution in [2.75, 3.05) is 13.2 Å². The van der Waals surface area contributed by atoms with E-state index in [2.05, 4.69) is 57.2 Å². The van der Waals surface area contributed by atoms with Crippen molar-refractivity contribution in [3.05, 3.63) is 36.5 Å². The molecule has 0 fully saturated rings. The molecule has 0 saturated heterocycles. The highest BCUT2D eigenvalue weighted by Crippen LogP contribution is 2.16. The van der Waals surface area contributed by atoms with Crippen LogP contribution >= 0.6 is 0 Å². The normalized spacial score (nSPS) is 12.2. The molecule has 0 heterocycles. The van der Waals surface area contributed by atoms with Crippen molar-refractivity contribution in [3.63, 3.8) is 0 Å². The van der Waals surface area contributed by atoms with Gasteiger partial charge in [-0.2, -0.15) is 0 Å². The third-order valence-electron chi connectivity index (χ3n) is 13.4. The molecule has 0 spiro atoms. The highest BCUT2D eigenvalue weighted by Gasteiger charge is 2.19. The lowest BCUT2D eigenvalue weighted by Crippen LogP contribution is -2.30. The highest BCUT2D eigenvalue weighted by molar-refractivity contribution is 5.71. The minimum atomic E-state index is -0.771. The van der Waals surface area contributed by atoms with Crippen LogP contribution in [-0.4, -0.2) is 37.2 Å². The molecular weight excluding hydrogens is 841 g/mol. The Bertz CT molecular complexity index is 1140. The number of unbranched alkanes of at least 4 members (excludes halogenated alkanes) is 38. The van der Waals surface area contributed by atoms with Crippen LogP contribution in [0.25, 0.3) is 0 Å². The van der Waals surface area contributed by atoms with E-state index >= 15 is 0 Å². The van der Waals surface area contributed by atoms with Crippen molar-refractivity contribution in [1.82, 2.24) is 0 Å². The smallest absolute Gasteiger partial charge is 0.306 e. The van der Waals surface area contributed by atoms with E-state index in [9.17, 15) is 14.4 Å². The first kappa shape index (κ1) is 65.6. The second-order valence-electron chi connectivity index (χ2n) is 20.3. The van der Waals surface area contributed by atoms with Crippen molar-refractivity contribution in [2.24, 2.45) is 0 Å². The third-order valence-corrected chi connectivity index (χ3v) is 13.4. The molecule has 1 atom stereocenters. The predicted molar refractivity (Wildman–Crippen MR) is 293 cm³/mol. The first-order chi connectivity index (χ1) is 33.5. The first-order valence-corrected chi connectivity index (χ1v) is 30.0. The average molecular weight is 956 g/mol. The molecule has 0 radical (unpaired) electrons. The summed E-state index contributed by atoms with van der Waals surface area (Å²) in [5, 5.41) is 0. The SMILES string of the molecule is CCCCCCC/C=C\C/C=C\CCCCCCCCCCCC(=O)OCC(COC(=O)CCCCCCCCCC)OC(=O)CCCCCCCCCCC/C=C\CCCCCCCCCC. The summed E-state index contributed by atoms with van der Waals surface area (Å²) in [6.07, 6.45) is 68.7.